The Hall–Kier alpha value is -1.35. The highest BCUT2D eigenvalue weighted by Gasteiger charge is 2.09. The van der Waals surface area contributed by atoms with E-state index >= 15 is 0 Å². The summed E-state index contributed by atoms with van der Waals surface area (Å²) in [4.78, 5) is 0. The number of nitrogens with zero attached hydrogens (tertiary/aromatic N) is 3. The van der Waals surface area contributed by atoms with Crippen molar-refractivity contribution in [3.8, 4) is 5.69 Å². The first-order chi connectivity index (χ1) is 7.72. The first-order valence-electron chi connectivity index (χ1n) is 5.37. The van der Waals surface area contributed by atoms with Gasteiger partial charge in [-0.05, 0) is 25.0 Å². The van der Waals surface area contributed by atoms with Gasteiger partial charge < -0.3 is 0 Å². The van der Waals surface area contributed by atoms with Gasteiger partial charge in [-0.3, -0.25) is 0 Å². The number of aromatic nitrogens is 3. The summed E-state index contributed by atoms with van der Waals surface area (Å²) in [6.45, 7) is 4.02. The molecule has 1 unspecified atom stereocenters. The van der Waals surface area contributed by atoms with E-state index < -0.39 is 0 Å². The third kappa shape index (κ3) is 2.09. The van der Waals surface area contributed by atoms with Crippen LogP contribution in [-0.2, 0) is 6.42 Å². The van der Waals surface area contributed by atoms with E-state index in [0.29, 0.717) is 0 Å². The first-order valence-corrected chi connectivity index (χ1v) is 5.80. The van der Waals surface area contributed by atoms with E-state index in [1.807, 2.05) is 31.3 Å². The van der Waals surface area contributed by atoms with Crippen LogP contribution in [0.2, 0.25) is 0 Å². The Kier molecular flexibility index (Phi) is 3.25. The van der Waals surface area contributed by atoms with Gasteiger partial charge in [0.05, 0.1) is 17.3 Å². The van der Waals surface area contributed by atoms with E-state index in [1.54, 1.807) is 4.68 Å². The first kappa shape index (κ1) is 11.1. The summed E-state index contributed by atoms with van der Waals surface area (Å²) >= 11 is 5.96. The Morgan fingerprint density at radius 2 is 2.12 bits per heavy atom. The monoisotopic (exact) mass is 235 g/mol. The quantitative estimate of drug-likeness (QED) is 0.766. The molecule has 16 heavy (non-hydrogen) atoms. The summed E-state index contributed by atoms with van der Waals surface area (Å²) in [6.07, 6.45) is 2.86. The summed E-state index contributed by atoms with van der Waals surface area (Å²) in [5.74, 6) is 0. The Morgan fingerprint density at radius 3 is 2.75 bits per heavy atom. The van der Waals surface area contributed by atoms with Gasteiger partial charge in [-0.1, -0.05) is 30.3 Å². The molecule has 84 valence electrons. The van der Waals surface area contributed by atoms with E-state index in [4.69, 9.17) is 11.6 Å². The van der Waals surface area contributed by atoms with Crippen molar-refractivity contribution in [2.24, 2.45) is 0 Å². The van der Waals surface area contributed by atoms with Crippen LogP contribution in [0.3, 0.4) is 0 Å². The van der Waals surface area contributed by atoms with Gasteiger partial charge in [-0.25, -0.2) is 4.68 Å². The maximum Gasteiger partial charge on any atom is 0.101 e. The molecule has 0 aliphatic heterocycles. The molecule has 0 N–H and O–H groups in total. The van der Waals surface area contributed by atoms with Crippen LogP contribution in [0.1, 0.15) is 30.5 Å². The van der Waals surface area contributed by atoms with E-state index in [9.17, 15) is 0 Å². The van der Waals surface area contributed by atoms with Crippen molar-refractivity contribution < 1.29 is 0 Å². The van der Waals surface area contributed by atoms with Crippen molar-refractivity contribution in [1.29, 1.82) is 0 Å². The highest BCUT2D eigenvalue weighted by molar-refractivity contribution is 6.20. The number of aryl methyl sites for hydroxylation is 1. The molecule has 1 aromatic carbocycles. The fourth-order valence-electron chi connectivity index (χ4n) is 1.61. The zero-order valence-electron chi connectivity index (χ0n) is 9.39. The van der Waals surface area contributed by atoms with Crippen molar-refractivity contribution in [3.63, 3.8) is 0 Å². The smallest absolute Gasteiger partial charge is 0.101 e. The van der Waals surface area contributed by atoms with Gasteiger partial charge in [0.25, 0.3) is 0 Å². The topological polar surface area (TPSA) is 30.7 Å². The van der Waals surface area contributed by atoms with Gasteiger partial charge in [-0.15, -0.1) is 16.7 Å². The zero-order chi connectivity index (χ0) is 11.5. The molecule has 1 atom stereocenters. The van der Waals surface area contributed by atoms with Gasteiger partial charge in [0.15, 0.2) is 0 Å². The van der Waals surface area contributed by atoms with Gasteiger partial charge in [0.2, 0.25) is 0 Å². The third-order valence-electron chi connectivity index (χ3n) is 2.54. The molecule has 0 bridgehead atoms. The molecule has 0 saturated heterocycles. The molecule has 0 spiro atoms. The SMILES string of the molecule is CCc1ccccc1-n1cc(C(C)Cl)nn1. The Labute approximate surface area is 100 Å². The molecule has 1 heterocycles. The lowest BCUT2D eigenvalue weighted by Crippen LogP contribution is -1.99. The van der Waals surface area contributed by atoms with E-state index in [2.05, 4.69) is 23.3 Å². The average Bonchev–Trinajstić information content (AvgIpc) is 2.78. The predicted molar refractivity (Wildman–Crippen MR) is 65.0 cm³/mol. The van der Waals surface area contributed by atoms with E-state index in [0.717, 1.165) is 17.8 Å². The third-order valence-corrected chi connectivity index (χ3v) is 2.76. The highest BCUT2D eigenvalue weighted by Crippen LogP contribution is 2.19. The Balaban J connectivity index is 2.42. The summed E-state index contributed by atoms with van der Waals surface area (Å²) in [6, 6.07) is 8.17. The summed E-state index contributed by atoms with van der Waals surface area (Å²) < 4.78 is 1.78. The Morgan fingerprint density at radius 1 is 1.38 bits per heavy atom. The van der Waals surface area contributed by atoms with Crippen LogP contribution in [0.5, 0.6) is 0 Å². The van der Waals surface area contributed by atoms with Crippen molar-refractivity contribution >= 4 is 11.6 Å². The maximum absolute atomic E-state index is 5.96. The van der Waals surface area contributed by atoms with Crippen molar-refractivity contribution in [2.45, 2.75) is 25.6 Å². The van der Waals surface area contributed by atoms with Crippen molar-refractivity contribution in [1.82, 2.24) is 15.0 Å². The molecule has 0 aliphatic carbocycles. The summed E-state index contributed by atoms with van der Waals surface area (Å²) in [7, 11) is 0. The minimum atomic E-state index is -0.109. The minimum Gasteiger partial charge on any atom is -0.220 e. The van der Waals surface area contributed by atoms with E-state index in [1.165, 1.54) is 5.56 Å². The van der Waals surface area contributed by atoms with Gasteiger partial charge in [-0.2, -0.15) is 0 Å². The minimum absolute atomic E-state index is 0.109. The lowest BCUT2D eigenvalue weighted by Gasteiger charge is -2.05. The number of rotatable bonds is 3. The van der Waals surface area contributed by atoms with Gasteiger partial charge in [0, 0.05) is 0 Å². The number of halogens is 1. The van der Waals surface area contributed by atoms with Crippen LogP contribution in [0.15, 0.2) is 30.5 Å². The molecule has 0 saturated carbocycles. The van der Waals surface area contributed by atoms with Gasteiger partial charge >= 0.3 is 0 Å². The van der Waals surface area contributed by atoms with Crippen LogP contribution in [0.4, 0.5) is 0 Å². The number of hydrogen-bond acceptors (Lipinski definition) is 2. The maximum atomic E-state index is 5.96. The molecule has 0 fully saturated rings. The normalized spacial score (nSPS) is 12.7. The fourth-order valence-corrected chi connectivity index (χ4v) is 1.71. The van der Waals surface area contributed by atoms with Crippen LogP contribution in [-0.4, -0.2) is 15.0 Å². The molecule has 2 rings (SSSR count). The second-order valence-electron chi connectivity index (χ2n) is 3.69. The standard InChI is InChI=1S/C12H14ClN3/c1-3-10-6-4-5-7-12(10)16-8-11(9(2)13)14-15-16/h4-9H,3H2,1-2H3. The molecule has 2 aromatic rings. The number of benzene rings is 1. The Bertz CT molecular complexity index is 477. The lowest BCUT2D eigenvalue weighted by molar-refractivity contribution is 0.788. The second kappa shape index (κ2) is 4.66. The molecule has 0 aliphatic rings. The molecule has 4 heteroatoms. The summed E-state index contributed by atoms with van der Waals surface area (Å²) in [5.41, 5.74) is 3.12. The molecular weight excluding hydrogens is 222 g/mol. The van der Waals surface area contributed by atoms with Crippen LogP contribution in [0.25, 0.3) is 5.69 Å². The largest absolute Gasteiger partial charge is 0.220 e. The number of alkyl halides is 1. The van der Waals surface area contributed by atoms with E-state index in [-0.39, 0.29) is 5.38 Å². The zero-order valence-corrected chi connectivity index (χ0v) is 10.1. The predicted octanol–water partition coefficient (Wildman–Crippen LogP) is 3.13. The fraction of sp³-hybridized carbons (Fsp3) is 0.333. The molecule has 0 amide bonds. The van der Waals surface area contributed by atoms with Crippen molar-refractivity contribution in [3.05, 3.63) is 41.7 Å². The lowest BCUT2D eigenvalue weighted by atomic mass is 10.1. The molecule has 1 aromatic heterocycles. The number of hydrogen-bond donors (Lipinski definition) is 0. The van der Waals surface area contributed by atoms with Crippen LogP contribution in [0, 0.1) is 0 Å². The molecule has 0 radical (unpaired) electrons. The number of para-hydroxylation sites is 1. The highest BCUT2D eigenvalue weighted by atomic mass is 35.5. The molecule has 3 nitrogen and oxygen atoms in total. The van der Waals surface area contributed by atoms with Crippen LogP contribution < -0.4 is 0 Å². The van der Waals surface area contributed by atoms with Crippen LogP contribution >= 0.6 is 11.6 Å². The average molecular weight is 236 g/mol. The molecular formula is C12H14ClN3. The summed E-state index contributed by atoms with van der Waals surface area (Å²) in [5, 5.41) is 8.04. The second-order valence-corrected chi connectivity index (χ2v) is 4.34. The van der Waals surface area contributed by atoms with Crippen molar-refractivity contribution in [2.75, 3.05) is 0 Å². The van der Waals surface area contributed by atoms with Gasteiger partial charge in [0.1, 0.15) is 5.69 Å².